The molecule has 0 saturated carbocycles. The van der Waals surface area contributed by atoms with E-state index in [1.165, 1.54) is 5.57 Å². The van der Waals surface area contributed by atoms with Crippen LogP contribution in [-0.2, 0) is 9.53 Å². The summed E-state index contributed by atoms with van der Waals surface area (Å²) in [4.78, 5) is 11.8. The zero-order valence-corrected chi connectivity index (χ0v) is 10.0. The average Bonchev–Trinajstić information content (AvgIpc) is 2.30. The maximum Gasteiger partial charge on any atom is 0.228 e. The Kier molecular flexibility index (Phi) is 3.94. The fourth-order valence-electron chi connectivity index (χ4n) is 1.86. The van der Waals surface area contributed by atoms with Crippen LogP contribution in [0.4, 0.5) is 5.69 Å². The molecule has 1 heterocycles. The predicted molar refractivity (Wildman–Crippen MR) is 67.9 cm³/mol. The van der Waals surface area contributed by atoms with Crippen LogP contribution in [0.5, 0.6) is 0 Å². The molecule has 17 heavy (non-hydrogen) atoms. The second-order valence-electron chi connectivity index (χ2n) is 4.28. The van der Waals surface area contributed by atoms with E-state index in [-0.39, 0.29) is 5.91 Å². The molecule has 0 atom stereocenters. The van der Waals surface area contributed by atoms with E-state index in [0.29, 0.717) is 13.0 Å². The second-order valence-corrected chi connectivity index (χ2v) is 4.28. The van der Waals surface area contributed by atoms with Crippen LogP contribution in [0.25, 0.3) is 0 Å². The minimum absolute atomic E-state index is 0.0451. The van der Waals surface area contributed by atoms with Gasteiger partial charge in [0.1, 0.15) is 0 Å². The summed E-state index contributed by atoms with van der Waals surface area (Å²) in [6.45, 7) is 3.37. The summed E-state index contributed by atoms with van der Waals surface area (Å²) in [5.41, 5.74) is 3.18. The topological polar surface area (TPSA) is 38.3 Å². The van der Waals surface area contributed by atoms with Crippen molar-refractivity contribution >= 4 is 11.6 Å². The van der Waals surface area contributed by atoms with Crippen molar-refractivity contribution in [3.63, 3.8) is 0 Å². The van der Waals surface area contributed by atoms with E-state index in [0.717, 1.165) is 24.3 Å². The van der Waals surface area contributed by atoms with Gasteiger partial charge in [0.05, 0.1) is 13.2 Å². The lowest BCUT2D eigenvalue weighted by Crippen LogP contribution is -2.15. The van der Waals surface area contributed by atoms with E-state index in [9.17, 15) is 4.79 Å². The molecule has 1 aliphatic heterocycles. The zero-order valence-electron chi connectivity index (χ0n) is 10.0. The summed E-state index contributed by atoms with van der Waals surface area (Å²) >= 11 is 0. The van der Waals surface area contributed by atoms with Gasteiger partial charge in [0.2, 0.25) is 5.91 Å². The molecule has 3 nitrogen and oxygen atoms in total. The Morgan fingerprint density at radius 2 is 2.35 bits per heavy atom. The third-order valence-electron chi connectivity index (χ3n) is 2.75. The van der Waals surface area contributed by atoms with Crippen molar-refractivity contribution in [3.05, 3.63) is 41.5 Å². The first-order chi connectivity index (χ1) is 8.24. The molecule has 0 aliphatic carbocycles. The van der Waals surface area contributed by atoms with Gasteiger partial charge in [-0.2, -0.15) is 0 Å². The summed E-state index contributed by atoms with van der Waals surface area (Å²) < 4.78 is 5.21. The van der Waals surface area contributed by atoms with E-state index >= 15 is 0 Å². The second kappa shape index (κ2) is 5.64. The Balaban J connectivity index is 1.91. The molecule has 90 valence electrons. The molecule has 1 amide bonds. The number of ether oxygens (including phenoxy) is 1. The van der Waals surface area contributed by atoms with E-state index in [2.05, 4.69) is 5.32 Å². The minimum atomic E-state index is 0.0451. The van der Waals surface area contributed by atoms with Crippen molar-refractivity contribution in [1.82, 2.24) is 0 Å². The molecule has 0 unspecified atom stereocenters. The number of anilines is 1. The summed E-state index contributed by atoms with van der Waals surface area (Å²) in [6.07, 6.45) is 3.33. The van der Waals surface area contributed by atoms with Crippen molar-refractivity contribution in [2.45, 2.75) is 19.8 Å². The molecule has 0 radical (unpaired) electrons. The first-order valence-corrected chi connectivity index (χ1v) is 5.86. The lowest BCUT2D eigenvalue weighted by molar-refractivity contribution is -0.115. The molecule has 0 aromatic heterocycles. The molecule has 3 heteroatoms. The lowest BCUT2D eigenvalue weighted by atomic mass is 10.1. The Bertz CT molecular complexity index is 438. The highest BCUT2D eigenvalue weighted by molar-refractivity contribution is 5.92. The van der Waals surface area contributed by atoms with Gasteiger partial charge in [-0.05, 0) is 31.0 Å². The SMILES string of the molecule is Cc1cccc(NC(=O)CC2=CCOCC2)c1. The quantitative estimate of drug-likeness (QED) is 0.812. The maximum atomic E-state index is 11.8. The molecular formula is C14H17NO2. The molecule has 1 aromatic carbocycles. The van der Waals surface area contributed by atoms with Crippen molar-refractivity contribution in [3.8, 4) is 0 Å². The lowest BCUT2D eigenvalue weighted by Gasteiger charge is -2.13. The fourth-order valence-corrected chi connectivity index (χ4v) is 1.86. The largest absolute Gasteiger partial charge is 0.377 e. The van der Waals surface area contributed by atoms with Crippen LogP contribution in [0, 0.1) is 6.92 Å². The van der Waals surface area contributed by atoms with Crippen LogP contribution in [0.1, 0.15) is 18.4 Å². The van der Waals surface area contributed by atoms with Gasteiger partial charge in [-0.3, -0.25) is 4.79 Å². The van der Waals surface area contributed by atoms with Gasteiger partial charge in [-0.1, -0.05) is 23.8 Å². The molecule has 0 saturated heterocycles. The summed E-state index contributed by atoms with van der Waals surface area (Å²) in [6, 6.07) is 7.83. The van der Waals surface area contributed by atoms with Gasteiger partial charge in [0.25, 0.3) is 0 Å². The van der Waals surface area contributed by atoms with Gasteiger partial charge in [-0.25, -0.2) is 0 Å². The number of hydrogen-bond acceptors (Lipinski definition) is 2. The molecule has 1 aromatic rings. The normalized spacial score (nSPS) is 15.2. The van der Waals surface area contributed by atoms with Gasteiger partial charge in [0.15, 0.2) is 0 Å². The van der Waals surface area contributed by atoms with Crippen LogP contribution < -0.4 is 5.32 Å². The number of aryl methyl sites for hydroxylation is 1. The Hall–Kier alpha value is -1.61. The minimum Gasteiger partial charge on any atom is -0.377 e. The molecule has 0 fully saturated rings. The van der Waals surface area contributed by atoms with Crippen molar-refractivity contribution in [2.75, 3.05) is 18.5 Å². The van der Waals surface area contributed by atoms with Gasteiger partial charge >= 0.3 is 0 Å². The first kappa shape index (κ1) is 11.9. The van der Waals surface area contributed by atoms with E-state index in [1.807, 2.05) is 37.3 Å². The summed E-state index contributed by atoms with van der Waals surface area (Å²) in [5, 5.41) is 2.91. The van der Waals surface area contributed by atoms with Gasteiger partial charge < -0.3 is 10.1 Å². The zero-order chi connectivity index (χ0) is 12.1. The van der Waals surface area contributed by atoms with Crippen LogP contribution in [-0.4, -0.2) is 19.1 Å². The smallest absolute Gasteiger partial charge is 0.228 e. The number of nitrogens with one attached hydrogen (secondary N) is 1. The fraction of sp³-hybridized carbons (Fsp3) is 0.357. The predicted octanol–water partition coefficient (Wildman–Crippen LogP) is 2.67. The summed E-state index contributed by atoms with van der Waals surface area (Å²) in [5.74, 6) is 0.0451. The average molecular weight is 231 g/mol. The highest BCUT2D eigenvalue weighted by Crippen LogP contribution is 2.14. The Labute approximate surface area is 101 Å². The van der Waals surface area contributed by atoms with Crippen LogP contribution >= 0.6 is 0 Å². The van der Waals surface area contributed by atoms with Crippen molar-refractivity contribution < 1.29 is 9.53 Å². The number of carbonyl (C=O) groups excluding carboxylic acids is 1. The van der Waals surface area contributed by atoms with E-state index in [4.69, 9.17) is 4.74 Å². The number of amides is 1. The first-order valence-electron chi connectivity index (χ1n) is 5.86. The van der Waals surface area contributed by atoms with Crippen LogP contribution in [0.2, 0.25) is 0 Å². The molecule has 1 aliphatic rings. The number of carbonyl (C=O) groups is 1. The monoisotopic (exact) mass is 231 g/mol. The van der Waals surface area contributed by atoms with Gasteiger partial charge in [0, 0.05) is 12.1 Å². The van der Waals surface area contributed by atoms with E-state index in [1.54, 1.807) is 0 Å². The van der Waals surface area contributed by atoms with Gasteiger partial charge in [-0.15, -0.1) is 0 Å². The molecule has 1 N–H and O–H groups in total. The Morgan fingerprint density at radius 3 is 3.06 bits per heavy atom. The Morgan fingerprint density at radius 1 is 1.47 bits per heavy atom. The number of rotatable bonds is 3. The van der Waals surface area contributed by atoms with Crippen LogP contribution in [0.15, 0.2) is 35.9 Å². The highest BCUT2D eigenvalue weighted by Gasteiger charge is 2.09. The molecular weight excluding hydrogens is 214 g/mol. The number of benzene rings is 1. The standard InChI is InChI=1S/C14H17NO2/c1-11-3-2-4-13(9-11)15-14(16)10-12-5-7-17-8-6-12/h2-5,9H,6-8,10H2,1H3,(H,15,16). The third-order valence-corrected chi connectivity index (χ3v) is 2.75. The highest BCUT2D eigenvalue weighted by atomic mass is 16.5. The van der Waals surface area contributed by atoms with Crippen LogP contribution in [0.3, 0.4) is 0 Å². The number of hydrogen-bond donors (Lipinski definition) is 1. The van der Waals surface area contributed by atoms with Crippen molar-refractivity contribution in [2.24, 2.45) is 0 Å². The molecule has 0 bridgehead atoms. The maximum absolute atomic E-state index is 11.8. The molecule has 2 rings (SSSR count). The third kappa shape index (κ3) is 3.71. The molecule has 0 spiro atoms. The van der Waals surface area contributed by atoms with Crippen molar-refractivity contribution in [1.29, 1.82) is 0 Å². The van der Waals surface area contributed by atoms with E-state index < -0.39 is 0 Å². The summed E-state index contributed by atoms with van der Waals surface area (Å²) in [7, 11) is 0.